The number of benzene rings is 3. The average molecular weight is 426 g/mol. The van der Waals surface area contributed by atoms with Crippen LogP contribution in [0.3, 0.4) is 0 Å². The molecular weight excluding hydrogens is 406 g/mol. The molecule has 7 heteroatoms. The van der Waals surface area contributed by atoms with E-state index >= 15 is 0 Å². The van der Waals surface area contributed by atoms with Gasteiger partial charge >= 0.3 is 0 Å². The summed E-state index contributed by atoms with van der Waals surface area (Å²) < 4.78 is 2.94. The fraction of sp³-hybridized carbons (Fsp3) is 0.0833. The van der Waals surface area contributed by atoms with Crippen LogP contribution >= 0.6 is 11.3 Å². The van der Waals surface area contributed by atoms with E-state index in [2.05, 4.69) is 26.4 Å². The summed E-state index contributed by atoms with van der Waals surface area (Å²) in [6, 6.07) is 23.6. The van der Waals surface area contributed by atoms with Gasteiger partial charge in [0.25, 0.3) is 5.91 Å². The maximum Gasteiger partial charge on any atom is 0.255 e. The summed E-state index contributed by atoms with van der Waals surface area (Å²) in [6.45, 7) is 0.623. The van der Waals surface area contributed by atoms with Gasteiger partial charge in [-0.15, -0.1) is 11.3 Å². The van der Waals surface area contributed by atoms with Crippen molar-refractivity contribution in [3.8, 4) is 0 Å². The Morgan fingerprint density at radius 3 is 2.45 bits per heavy atom. The SMILES string of the molecule is O=C(Nc1ccc(Cc2nc3ccccc3s2)cc1)c1ccc(Cn2cncn2)cc1. The first-order valence-electron chi connectivity index (χ1n) is 9.89. The number of para-hydroxylation sites is 1. The highest BCUT2D eigenvalue weighted by atomic mass is 32.1. The summed E-state index contributed by atoms with van der Waals surface area (Å²) >= 11 is 1.72. The maximum absolute atomic E-state index is 12.6. The molecule has 1 N–H and O–H groups in total. The molecule has 0 saturated heterocycles. The summed E-state index contributed by atoms with van der Waals surface area (Å²) in [5, 5.41) is 8.14. The lowest BCUT2D eigenvalue weighted by Gasteiger charge is -2.07. The number of amides is 1. The molecule has 0 bridgehead atoms. The molecule has 0 aliphatic heterocycles. The normalized spacial score (nSPS) is 11.0. The Bertz CT molecular complexity index is 1280. The van der Waals surface area contributed by atoms with Crippen LogP contribution < -0.4 is 5.32 Å². The topological polar surface area (TPSA) is 72.7 Å². The highest BCUT2D eigenvalue weighted by Crippen LogP contribution is 2.24. The fourth-order valence-electron chi connectivity index (χ4n) is 3.34. The van der Waals surface area contributed by atoms with Gasteiger partial charge in [0.15, 0.2) is 0 Å². The van der Waals surface area contributed by atoms with Crippen molar-refractivity contribution in [2.45, 2.75) is 13.0 Å². The molecule has 0 aliphatic carbocycles. The third-order valence-corrected chi connectivity index (χ3v) is 5.97. The first kappa shape index (κ1) is 19.1. The van der Waals surface area contributed by atoms with Crippen LogP contribution in [0.5, 0.6) is 0 Å². The van der Waals surface area contributed by atoms with Crippen molar-refractivity contribution in [1.82, 2.24) is 19.7 Å². The molecule has 2 heterocycles. The predicted octanol–water partition coefficient (Wildman–Crippen LogP) is 4.78. The number of fused-ring (bicyclic) bond motifs is 1. The van der Waals surface area contributed by atoms with Gasteiger partial charge in [-0.1, -0.05) is 36.4 Å². The molecule has 0 atom stereocenters. The molecule has 1 amide bonds. The van der Waals surface area contributed by atoms with E-state index in [1.165, 1.54) is 11.0 Å². The van der Waals surface area contributed by atoms with Crippen molar-refractivity contribution in [3.05, 3.63) is 107 Å². The van der Waals surface area contributed by atoms with E-state index in [0.29, 0.717) is 12.1 Å². The summed E-state index contributed by atoms with van der Waals surface area (Å²) in [7, 11) is 0. The van der Waals surface area contributed by atoms with Crippen LogP contribution in [-0.4, -0.2) is 25.7 Å². The molecule has 3 aromatic carbocycles. The average Bonchev–Trinajstić information content (AvgIpc) is 3.45. The molecule has 5 aromatic rings. The molecule has 0 unspecified atom stereocenters. The van der Waals surface area contributed by atoms with Crippen molar-refractivity contribution >= 4 is 33.1 Å². The van der Waals surface area contributed by atoms with E-state index in [-0.39, 0.29) is 5.91 Å². The van der Waals surface area contributed by atoms with Gasteiger partial charge in [-0.05, 0) is 47.5 Å². The number of rotatable bonds is 6. The minimum atomic E-state index is -0.133. The Hall–Kier alpha value is -3.84. The summed E-state index contributed by atoms with van der Waals surface area (Å²) in [5.74, 6) is -0.133. The summed E-state index contributed by atoms with van der Waals surface area (Å²) in [6.07, 6.45) is 3.95. The van der Waals surface area contributed by atoms with E-state index in [4.69, 9.17) is 0 Å². The first-order valence-corrected chi connectivity index (χ1v) is 10.7. The number of hydrogen-bond acceptors (Lipinski definition) is 5. The molecule has 5 rings (SSSR count). The highest BCUT2D eigenvalue weighted by molar-refractivity contribution is 7.18. The number of thiazole rings is 1. The Balaban J connectivity index is 1.21. The standard InChI is InChI=1S/C24H19N5OS/c30-24(19-9-5-18(6-10-19)14-29-16-25-15-26-29)27-20-11-7-17(8-12-20)13-23-28-21-3-1-2-4-22(21)31-23/h1-12,15-16H,13-14H2,(H,27,30). The molecule has 0 radical (unpaired) electrons. The molecule has 31 heavy (non-hydrogen) atoms. The van der Waals surface area contributed by atoms with E-state index in [1.54, 1.807) is 22.3 Å². The molecular formula is C24H19N5OS. The second kappa shape index (κ2) is 8.49. The number of carbonyl (C=O) groups excluding carboxylic acids is 1. The number of nitrogens with zero attached hydrogens (tertiary/aromatic N) is 4. The maximum atomic E-state index is 12.6. The van der Waals surface area contributed by atoms with Crippen molar-refractivity contribution in [2.75, 3.05) is 5.32 Å². The van der Waals surface area contributed by atoms with Crippen molar-refractivity contribution < 1.29 is 4.79 Å². The largest absolute Gasteiger partial charge is 0.322 e. The Labute approximate surface area is 183 Å². The molecule has 0 spiro atoms. The molecule has 0 aliphatic rings. The zero-order valence-corrected chi connectivity index (χ0v) is 17.4. The van der Waals surface area contributed by atoms with Gasteiger partial charge in [0.2, 0.25) is 0 Å². The van der Waals surface area contributed by atoms with E-state index in [1.807, 2.05) is 66.7 Å². The molecule has 0 fully saturated rings. The van der Waals surface area contributed by atoms with E-state index in [9.17, 15) is 4.79 Å². The van der Waals surface area contributed by atoms with Gasteiger partial charge in [0.1, 0.15) is 12.7 Å². The third kappa shape index (κ3) is 4.51. The van der Waals surface area contributed by atoms with Crippen LogP contribution in [0, 0.1) is 0 Å². The van der Waals surface area contributed by atoms with Gasteiger partial charge in [0, 0.05) is 17.7 Å². The monoisotopic (exact) mass is 425 g/mol. The lowest BCUT2D eigenvalue weighted by molar-refractivity contribution is 0.102. The zero-order chi connectivity index (χ0) is 21.0. The highest BCUT2D eigenvalue weighted by Gasteiger charge is 2.08. The van der Waals surface area contributed by atoms with E-state index in [0.717, 1.165) is 33.8 Å². The van der Waals surface area contributed by atoms with Crippen molar-refractivity contribution in [2.24, 2.45) is 0 Å². The van der Waals surface area contributed by atoms with Gasteiger partial charge in [-0.3, -0.25) is 4.79 Å². The second-order valence-corrected chi connectivity index (χ2v) is 8.31. The van der Waals surface area contributed by atoms with Crippen LogP contribution in [0.15, 0.2) is 85.5 Å². The van der Waals surface area contributed by atoms with Crippen LogP contribution in [-0.2, 0) is 13.0 Å². The molecule has 152 valence electrons. The van der Waals surface area contributed by atoms with Gasteiger partial charge in [0.05, 0.1) is 21.8 Å². The predicted molar refractivity (Wildman–Crippen MR) is 122 cm³/mol. The number of hydrogen-bond donors (Lipinski definition) is 1. The zero-order valence-electron chi connectivity index (χ0n) is 16.6. The summed E-state index contributed by atoms with van der Waals surface area (Å²) in [5.41, 5.74) is 4.64. The van der Waals surface area contributed by atoms with Crippen LogP contribution in [0.25, 0.3) is 10.2 Å². The number of nitrogens with one attached hydrogen (secondary N) is 1. The minimum Gasteiger partial charge on any atom is -0.322 e. The van der Waals surface area contributed by atoms with Crippen LogP contribution in [0.2, 0.25) is 0 Å². The Kier molecular flexibility index (Phi) is 5.24. The smallest absolute Gasteiger partial charge is 0.255 e. The van der Waals surface area contributed by atoms with Crippen molar-refractivity contribution in [1.29, 1.82) is 0 Å². The number of aromatic nitrogens is 4. The lowest BCUT2D eigenvalue weighted by Crippen LogP contribution is -2.12. The van der Waals surface area contributed by atoms with E-state index < -0.39 is 0 Å². The quantitative estimate of drug-likeness (QED) is 0.425. The molecule has 6 nitrogen and oxygen atoms in total. The third-order valence-electron chi connectivity index (χ3n) is 4.93. The minimum absolute atomic E-state index is 0.133. The molecule has 0 saturated carbocycles. The fourth-order valence-corrected chi connectivity index (χ4v) is 4.34. The van der Waals surface area contributed by atoms with Gasteiger partial charge < -0.3 is 5.32 Å². The van der Waals surface area contributed by atoms with Gasteiger partial charge in [-0.25, -0.2) is 14.6 Å². The lowest BCUT2D eigenvalue weighted by atomic mass is 10.1. The van der Waals surface area contributed by atoms with Crippen LogP contribution in [0.4, 0.5) is 5.69 Å². The molecule has 2 aromatic heterocycles. The Morgan fingerprint density at radius 2 is 1.71 bits per heavy atom. The first-order chi connectivity index (χ1) is 15.2. The van der Waals surface area contributed by atoms with Crippen molar-refractivity contribution in [3.63, 3.8) is 0 Å². The second-order valence-electron chi connectivity index (χ2n) is 7.19. The number of anilines is 1. The van der Waals surface area contributed by atoms with Gasteiger partial charge in [-0.2, -0.15) is 5.10 Å². The van der Waals surface area contributed by atoms with Crippen LogP contribution in [0.1, 0.15) is 26.5 Å². The Morgan fingerprint density at radius 1 is 0.935 bits per heavy atom. The summed E-state index contributed by atoms with van der Waals surface area (Å²) in [4.78, 5) is 21.2. The number of carbonyl (C=O) groups is 1.